The zero-order valence-electron chi connectivity index (χ0n) is 26.6. The van der Waals surface area contributed by atoms with Crippen molar-refractivity contribution in [1.82, 2.24) is 0 Å². The van der Waals surface area contributed by atoms with Crippen LogP contribution in [0.1, 0.15) is 136 Å². The fourth-order valence-corrected chi connectivity index (χ4v) is 4.93. The van der Waals surface area contributed by atoms with E-state index in [1.807, 2.05) is 24.3 Å². The van der Waals surface area contributed by atoms with Crippen LogP contribution in [0.4, 0.5) is 0 Å². The Morgan fingerprint density at radius 2 is 0.744 bits per heavy atom. The van der Waals surface area contributed by atoms with Crippen molar-refractivity contribution < 1.29 is 19.8 Å². The lowest BCUT2D eigenvalue weighted by atomic mass is 9.78. The van der Waals surface area contributed by atoms with Crippen molar-refractivity contribution in [3.05, 3.63) is 57.6 Å². The zero-order chi connectivity index (χ0) is 30.1. The first-order valence-corrected chi connectivity index (χ1v) is 14.3. The molecule has 39 heavy (non-hydrogen) atoms. The Morgan fingerprint density at radius 1 is 0.513 bits per heavy atom. The molecule has 0 aliphatic rings. The second-order valence-corrected chi connectivity index (χ2v) is 15.3. The maximum atomic E-state index is 12.8. The minimum Gasteiger partial charge on any atom is -0.507 e. The first kappa shape index (κ1) is 32.6. The van der Waals surface area contributed by atoms with Gasteiger partial charge in [0.1, 0.15) is 23.1 Å². The zero-order valence-corrected chi connectivity index (χ0v) is 26.6. The molecule has 0 aromatic heterocycles. The fraction of sp³-hybridized carbons (Fsp3) is 0.600. The molecule has 0 radical (unpaired) electrons. The standard InChI is InChI=1S/C35H52O4/c1-32(2,3)26-17-22(18-27(30(26)38)33(4,5)6)13-15-24(36)21-25(37)16-14-23-19-28(34(7,8)9)31(39)29(20-23)35(10,11)12/h17-20,38-39H,13-16,21H2,1-12H3. The highest BCUT2D eigenvalue weighted by Gasteiger charge is 2.28. The molecule has 0 aliphatic carbocycles. The third kappa shape index (κ3) is 8.68. The van der Waals surface area contributed by atoms with E-state index in [1.165, 1.54) is 0 Å². The van der Waals surface area contributed by atoms with Crippen LogP contribution in [0.3, 0.4) is 0 Å². The number of rotatable bonds is 8. The van der Waals surface area contributed by atoms with E-state index in [1.54, 1.807) is 0 Å². The van der Waals surface area contributed by atoms with E-state index in [2.05, 4.69) is 83.1 Å². The van der Waals surface area contributed by atoms with E-state index in [0.717, 1.165) is 33.4 Å². The third-order valence-corrected chi connectivity index (χ3v) is 7.35. The van der Waals surface area contributed by atoms with Gasteiger partial charge in [0.15, 0.2) is 0 Å². The van der Waals surface area contributed by atoms with Gasteiger partial charge in [-0.15, -0.1) is 0 Å². The number of phenolic OH excluding ortho intramolecular Hbond substituents is 2. The minimum absolute atomic E-state index is 0.0563. The fourth-order valence-electron chi connectivity index (χ4n) is 4.93. The van der Waals surface area contributed by atoms with Crippen molar-refractivity contribution in [2.45, 2.75) is 137 Å². The van der Waals surface area contributed by atoms with Crippen LogP contribution in [0, 0.1) is 0 Å². The predicted molar refractivity (Wildman–Crippen MR) is 162 cm³/mol. The summed E-state index contributed by atoms with van der Waals surface area (Å²) in [4.78, 5) is 25.6. The number of hydrogen-bond acceptors (Lipinski definition) is 4. The maximum absolute atomic E-state index is 12.8. The summed E-state index contributed by atoms with van der Waals surface area (Å²) < 4.78 is 0. The van der Waals surface area contributed by atoms with Crippen LogP contribution in [-0.4, -0.2) is 21.8 Å². The van der Waals surface area contributed by atoms with Gasteiger partial charge in [0, 0.05) is 12.8 Å². The Morgan fingerprint density at radius 3 is 0.949 bits per heavy atom. The van der Waals surface area contributed by atoms with Gasteiger partial charge in [-0.1, -0.05) is 107 Å². The molecule has 4 heteroatoms. The number of carbonyl (C=O) groups is 2. The van der Waals surface area contributed by atoms with Crippen molar-refractivity contribution in [1.29, 1.82) is 0 Å². The largest absolute Gasteiger partial charge is 0.507 e. The summed E-state index contributed by atoms with van der Waals surface area (Å²) in [6.45, 7) is 24.9. The number of carbonyl (C=O) groups excluding carboxylic acids is 2. The van der Waals surface area contributed by atoms with E-state index in [0.29, 0.717) is 37.2 Å². The molecule has 4 nitrogen and oxygen atoms in total. The molecule has 2 rings (SSSR count). The molecule has 0 aliphatic heterocycles. The van der Waals surface area contributed by atoms with Gasteiger partial charge in [-0.2, -0.15) is 0 Å². The van der Waals surface area contributed by atoms with Crippen molar-refractivity contribution in [3.63, 3.8) is 0 Å². The third-order valence-electron chi connectivity index (χ3n) is 7.35. The Bertz CT molecular complexity index is 1040. The minimum atomic E-state index is -0.228. The van der Waals surface area contributed by atoms with Gasteiger partial charge in [0.25, 0.3) is 0 Å². The summed E-state index contributed by atoms with van der Waals surface area (Å²) in [6, 6.07) is 8.02. The van der Waals surface area contributed by atoms with Crippen molar-refractivity contribution >= 4 is 11.6 Å². The van der Waals surface area contributed by atoms with E-state index < -0.39 is 0 Å². The summed E-state index contributed by atoms with van der Waals surface area (Å²) in [6.07, 6.45) is 1.62. The highest BCUT2D eigenvalue weighted by atomic mass is 16.3. The van der Waals surface area contributed by atoms with Crippen LogP contribution < -0.4 is 0 Å². The first-order chi connectivity index (χ1) is 17.5. The molecule has 0 unspecified atom stereocenters. The number of aromatic hydroxyl groups is 2. The molecular formula is C35H52O4. The van der Waals surface area contributed by atoms with Gasteiger partial charge in [-0.05, 0) is 67.9 Å². The van der Waals surface area contributed by atoms with Gasteiger partial charge < -0.3 is 10.2 Å². The van der Waals surface area contributed by atoms with Crippen LogP contribution in [-0.2, 0) is 44.1 Å². The topological polar surface area (TPSA) is 74.6 Å². The van der Waals surface area contributed by atoms with E-state index in [4.69, 9.17) is 0 Å². The lowest BCUT2D eigenvalue weighted by Gasteiger charge is -2.28. The van der Waals surface area contributed by atoms with Gasteiger partial charge in [-0.3, -0.25) is 9.59 Å². The van der Waals surface area contributed by atoms with Crippen molar-refractivity contribution in [2.24, 2.45) is 0 Å². The molecule has 0 saturated heterocycles. The normalized spacial score (nSPS) is 13.0. The van der Waals surface area contributed by atoms with Crippen LogP contribution >= 0.6 is 0 Å². The number of aryl methyl sites for hydroxylation is 2. The molecule has 2 N–H and O–H groups in total. The van der Waals surface area contributed by atoms with Gasteiger partial charge in [0.05, 0.1) is 6.42 Å². The number of benzene rings is 2. The molecule has 0 fully saturated rings. The Labute approximate surface area is 237 Å². The number of hydrogen-bond donors (Lipinski definition) is 2. The second-order valence-electron chi connectivity index (χ2n) is 15.3. The summed E-state index contributed by atoms with van der Waals surface area (Å²) >= 11 is 0. The highest BCUT2D eigenvalue weighted by Crippen LogP contribution is 2.41. The summed E-state index contributed by atoms with van der Waals surface area (Å²) in [5.74, 6) is 0.552. The number of ketones is 2. The van der Waals surface area contributed by atoms with Crippen LogP contribution in [0.2, 0.25) is 0 Å². The Kier molecular flexibility index (Phi) is 9.59. The molecule has 0 bridgehead atoms. The molecule has 2 aromatic rings. The quantitative estimate of drug-likeness (QED) is 0.332. The van der Waals surface area contributed by atoms with Crippen molar-refractivity contribution in [2.75, 3.05) is 0 Å². The van der Waals surface area contributed by atoms with E-state index in [9.17, 15) is 19.8 Å². The second kappa shape index (κ2) is 11.5. The predicted octanol–water partition coefficient (Wildman–Crippen LogP) is 8.38. The molecule has 0 spiro atoms. The smallest absolute Gasteiger partial charge is 0.140 e. The van der Waals surface area contributed by atoms with Gasteiger partial charge in [-0.25, -0.2) is 0 Å². The average Bonchev–Trinajstić information content (AvgIpc) is 2.74. The molecule has 0 amide bonds. The van der Waals surface area contributed by atoms with Crippen LogP contribution in [0.25, 0.3) is 0 Å². The maximum Gasteiger partial charge on any atom is 0.140 e. The van der Waals surface area contributed by atoms with Gasteiger partial charge in [0.2, 0.25) is 0 Å². The lowest BCUT2D eigenvalue weighted by Crippen LogP contribution is -2.18. The molecule has 0 heterocycles. The molecule has 0 atom stereocenters. The molecule has 2 aromatic carbocycles. The molecule has 216 valence electrons. The Hall–Kier alpha value is -2.62. The van der Waals surface area contributed by atoms with E-state index in [-0.39, 0.29) is 39.6 Å². The van der Waals surface area contributed by atoms with Crippen molar-refractivity contribution in [3.8, 4) is 11.5 Å². The summed E-state index contributed by atoms with van der Waals surface area (Å²) in [5, 5.41) is 21.9. The summed E-state index contributed by atoms with van der Waals surface area (Å²) in [7, 11) is 0. The van der Waals surface area contributed by atoms with E-state index >= 15 is 0 Å². The lowest BCUT2D eigenvalue weighted by molar-refractivity contribution is -0.126. The molecule has 0 saturated carbocycles. The monoisotopic (exact) mass is 536 g/mol. The molecular weight excluding hydrogens is 484 g/mol. The van der Waals surface area contributed by atoms with Crippen LogP contribution in [0.5, 0.6) is 11.5 Å². The highest BCUT2D eigenvalue weighted by molar-refractivity contribution is 5.99. The summed E-state index contributed by atoms with van der Waals surface area (Å²) in [5.41, 5.74) is 4.63. The SMILES string of the molecule is CC(C)(C)c1cc(CCC(=O)CC(=O)CCc2cc(C(C)(C)C)c(O)c(C(C)(C)C)c2)cc(C(C)(C)C)c1O. The average molecular weight is 537 g/mol. The van der Waals surface area contributed by atoms with Crippen LogP contribution in [0.15, 0.2) is 24.3 Å². The number of Topliss-reactive ketones (excluding diaryl/α,β-unsaturated/α-hetero) is 2. The van der Waals surface area contributed by atoms with Gasteiger partial charge >= 0.3 is 0 Å². The number of phenols is 2. The Balaban J connectivity index is 2.12. The first-order valence-electron chi connectivity index (χ1n) is 14.3.